The van der Waals surface area contributed by atoms with Gasteiger partial charge in [-0.1, -0.05) is 57.6 Å². The Morgan fingerprint density at radius 3 is 2.32 bits per heavy atom. The standard InChI is InChI=1S/C51H76FNO13/c1-10-35-21-29(2)20-30(3)22-44(62-8)47-45(63-9)24-32(5)51(60,66-47)48(57)49(58)53-19-12-11-16-38(53)50(59)65-46(33(6)39(54)27-40(35)55)31(4)23-34-17-18-42(43(25-34)61-7)64-28-41(56)36-14-13-15-37(52)26-36/h13-15,21,23,26,30,32-35,38-39,41-47,54,56,60H,10-12,16-20,22,24-25,27-28H2,1-9H3. The molecule has 14 nitrogen and oxygen atoms in total. The maximum Gasteiger partial charge on any atom is 0.329 e. The average Bonchev–Trinajstić information content (AvgIpc) is 3.30. The first-order valence-corrected chi connectivity index (χ1v) is 24.0. The van der Waals surface area contributed by atoms with E-state index in [4.69, 9.17) is 28.4 Å². The van der Waals surface area contributed by atoms with Crippen molar-refractivity contribution < 1.29 is 67.3 Å². The van der Waals surface area contributed by atoms with Crippen molar-refractivity contribution in [1.82, 2.24) is 4.90 Å². The molecule has 2 saturated heterocycles. The van der Waals surface area contributed by atoms with E-state index >= 15 is 0 Å². The Balaban J connectivity index is 1.45. The van der Waals surface area contributed by atoms with Gasteiger partial charge in [-0.25, -0.2) is 9.18 Å². The lowest BCUT2D eigenvalue weighted by Gasteiger charge is -2.47. The first kappa shape index (κ1) is 53.5. The van der Waals surface area contributed by atoms with Gasteiger partial charge in [0.15, 0.2) is 0 Å². The number of aliphatic hydroxyl groups is 3. The number of ketones is 2. The van der Waals surface area contributed by atoms with E-state index in [0.717, 1.165) is 5.57 Å². The minimum atomic E-state index is -2.53. The number of carbonyl (C=O) groups excluding carboxylic acids is 4. The molecule has 1 saturated carbocycles. The van der Waals surface area contributed by atoms with E-state index in [0.29, 0.717) is 62.5 Å². The molecular formula is C51H76FNO13. The number of carbonyl (C=O) groups is 4. The molecule has 0 radical (unpaired) electrons. The lowest BCUT2D eigenvalue weighted by molar-refractivity contribution is -0.302. The number of cyclic esters (lactones) is 1. The lowest BCUT2D eigenvalue weighted by Crippen LogP contribution is -2.64. The number of esters is 1. The van der Waals surface area contributed by atoms with Gasteiger partial charge in [0.05, 0.1) is 37.1 Å². The Labute approximate surface area is 390 Å². The number of nitrogens with zero attached hydrogens (tertiary/aromatic N) is 1. The highest BCUT2D eigenvalue weighted by Crippen LogP contribution is 2.39. The number of hydrogen-bond donors (Lipinski definition) is 3. The molecule has 66 heavy (non-hydrogen) atoms. The molecule has 1 amide bonds. The van der Waals surface area contributed by atoms with Crippen molar-refractivity contribution in [2.75, 3.05) is 34.5 Å². The highest BCUT2D eigenvalue weighted by Gasteiger charge is 2.56. The van der Waals surface area contributed by atoms with E-state index in [2.05, 4.69) is 0 Å². The monoisotopic (exact) mass is 930 g/mol. The third-order valence-corrected chi connectivity index (χ3v) is 14.6. The smallest absolute Gasteiger partial charge is 0.329 e. The van der Waals surface area contributed by atoms with Gasteiger partial charge in [0.1, 0.15) is 36.0 Å². The number of benzene rings is 1. The molecule has 3 heterocycles. The van der Waals surface area contributed by atoms with Crippen molar-refractivity contribution in [3.05, 3.63) is 58.9 Å². The number of ether oxygens (including phenoxy) is 6. The number of amides is 1. The fourth-order valence-electron chi connectivity index (χ4n) is 10.6. The molecule has 5 rings (SSSR count). The first-order valence-electron chi connectivity index (χ1n) is 24.0. The van der Waals surface area contributed by atoms with E-state index in [1.807, 2.05) is 39.8 Å². The van der Waals surface area contributed by atoms with Gasteiger partial charge in [-0.05, 0) is 113 Å². The van der Waals surface area contributed by atoms with Crippen molar-refractivity contribution in [2.24, 2.45) is 29.6 Å². The summed E-state index contributed by atoms with van der Waals surface area (Å²) >= 11 is 0. The highest BCUT2D eigenvalue weighted by atomic mass is 19.1. The maximum absolute atomic E-state index is 14.5. The van der Waals surface area contributed by atoms with Crippen LogP contribution in [0, 0.1) is 35.4 Å². The summed E-state index contributed by atoms with van der Waals surface area (Å²) in [6.07, 6.45) is 2.53. The molecule has 0 aromatic heterocycles. The number of methoxy groups -OCH3 is 3. The molecular weight excluding hydrogens is 854 g/mol. The number of hydrogen-bond acceptors (Lipinski definition) is 13. The summed E-state index contributed by atoms with van der Waals surface area (Å²) < 4.78 is 50.2. The fraction of sp³-hybridized carbons (Fsp3) is 0.725. The van der Waals surface area contributed by atoms with Crippen LogP contribution in [0.4, 0.5) is 4.39 Å². The zero-order chi connectivity index (χ0) is 48.5. The van der Waals surface area contributed by atoms with Crippen molar-refractivity contribution in [3.63, 3.8) is 0 Å². The lowest BCUT2D eigenvalue weighted by atomic mass is 9.81. The average molecular weight is 930 g/mol. The van der Waals surface area contributed by atoms with Gasteiger partial charge in [-0.3, -0.25) is 14.4 Å². The minimum absolute atomic E-state index is 0.0126. The molecule has 1 aliphatic carbocycles. The minimum Gasteiger partial charge on any atom is -0.456 e. The van der Waals surface area contributed by atoms with Gasteiger partial charge < -0.3 is 48.6 Å². The predicted octanol–water partition coefficient (Wildman–Crippen LogP) is 6.37. The number of allylic oxidation sites excluding steroid dienone is 3. The van der Waals surface area contributed by atoms with Crippen LogP contribution in [0.1, 0.15) is 124 Å². The number of piperidine rings is 1. The fourth-order valence-corrected chi connectivity index (χ4v) is 10.6. The van der Waals surface area contributed by atoms with Crippen LogP contribution < -0.4 is 0 Å². The number of halogens is 1. The van der Waals surface area contributed by atoms with Crippen molar-refractivity contribution in [1.29, 1.82) is 0 Å². The summed E-state index contributed by atoms with van der Waals surface area (Å²) in [5, 5.41) is 34.6. The van der Waals surface area contributed by atoms with Gasteiger partial charge >= 0.3 is 5.97 Å². The Kier molecular flexibility index (Phi) is 19.7. The summed E-state index contributed by atoms with van der Waals surface area (Å²) in [6, 6.07) is 4.58. The van der Waals surface area contributed by atoms with Crippen LogP contribution in [-0.2, 0) is 47.6 Å². The Bertz CT molecular complexity index is 1870. The molecule has 1 aromatic rings. The molecule has 15 heteroatoms. The van der Waals surface area contributed by atoms with E-state index in [1.54, 1.807) is 27.0 Å². The van der Waals surface area contributed by atoms with Gasteiger partial charge in [-0.15, -0.1) is 0 Å². The van der Waals surface area contributed by atoms with Crippen LogP contribution in [0.25, 0.3) is 0 Å². The van der Waals surface area contributed by atoms with E-state index in [9.17, 15) is 38.9 Å². The normalized spacial score (nSPS) is 36.7. The Hall–Kier alpha value is -3.41. The maximum atomic E-state index is 14.5. The predicted molar refractivity (Wildman–Crippen MR) is 243 cm³/mol. The topological polar surface area (TPSA) is 188 Å². The number of rotatable bonds is 10. The van der Waals surface area contributed by atoms with Gasteiger partial charge in [-0.2, -0.15) is 0 Å². The first-order chi connectivity index (χ1) is 31.3. The molecule has 4 aliphatic rings. The van der Waals surface area contributed by atoms with Crippen molar-refractivity contribution in [3.8, 4) is 0 Å². The number of fused-ring (bicyclic) bond motifs is 3. The van der Waals surface area contributed by atoms with E-state index in [-0.39, 0.29) is 62.2 Å². The molecule has 3 aliphatic heterocycles. The molecule has 3 N–H and O–H groups in total. The second kappa shape index (κ2) is 24.2. The van der Waals surface area contributed by atoms with E-state index in [1.165, 1.54) is 37.3 Å². The van der Waals surface area contributed by atoms with Gasteiger partial charge in [0.2, 0.25) is 5.79 Å². The second-order valence-electron chi connectivity index (χ2n) is 19.5. The molecule has 2 bridgehead atoms. The molecule has 3 fully saturated rings. The van der Waals surface area contributed by atoms with Crippen LogP contribution in [-0.4, -0.2) is 133 Å². The third-order valence-electron chi connectivity index (χ3n) is 14.6. The largest absolute Gasteiger partial charge is 0.456 e. The van der Waals surface area contributed by atoms with Crippen LogP contribution in [0.2, 0.25) is 0 Å². The molecule has 370 valence electrons. The van der Waals surface area contributed by atoms with Crippen LogP contribution in [0.15, 0.2) is 47.6 Å². The summed E-state index contributed by atoms with van der Waals surface area (Å²) in [5.41, 5.74) is 2.02. The summed E-state index contributed by atoms with van der Waals surface area (Å²) in [4.78, 5) is 58.3. The highest BCUT2D eigenvalue weighted by molar-refractivity contribution is 6.39. The van der Waals surface area contributed by atoms with Crippen molar-refractivity contribution in [2.45, 2.75) is 173 Å². The quantitative estimate of drug-likeness (QED) is 0.134. The third kappa shape index (κ3) is 13.0. The SMILES string of the molecule is CCC1C=C(C)CC(C)CC(OC)C2OC(O)(C(=O)C(=O)N3CCCCC3C(=O)OC(C(C)=CC3CCC(OCC(O)c4cccc(F)c4)C(OC)C3)C(C)C(O)CC1=O)C(C)CC2OC. The van der Waals surface area contributed by atoms with Gasteiger partial charge in [0.25, 0.3) is 11.7 Å². The zero-order valence-corrected chi connectivity index (χ0v) is 40.5. The van der Waals surface area contributed by atoms with Gasteiger partial charge in [0, 0.05) is 52.0 Å². The summed E-state index contributed by atoms with van der Waals surface area (Å²) in [5.74, 6) is -8.27. The summed E-state index contributed by atoms with van der Waals surface area (Å²) in [7, 11) is 4.64. The second-order valence-corrected chi connectivity index (χ2v) is 19.5. The molecule has 15 unspecified atom stereocenters. The number of Topliss-reactive ketones (excluding diaryl/α,β-unsaturated/α-hetero) is 2. The molecule has 15 atom stereocenters. The van der Waals surface area contributed by atoms with Crippen molar-refractivity contribution >= 4 is 23.4 Å². The molecule has 0 spiro atoms. The van der Waals surface area contributed by atoms with E-state index < -0.39 is 89.7 Å². The molecule has 1 aromatic carbocycles. The van der Waals surface area contributed by atoms with Crippen LogP contribution in [0.5, 0.6) is 0 Å². The summed E-state index contributed by atoms with van der Waals surface area (Å²) in [6.45, 7) is 11.1. The Morgan fingerprint density at radius 2 is 1.65 bits per heavy atom. The number of aliphatic hydroxyl groups excluding tert-OH is 2. The van der Waals surface area contributed by atoms with Crippen LogP contribution >= 0.6 is 0 Å². The Morgan fingerprint density at radius 1 is 0.955 bits per heavy atom. The van der Waals surface area contributed by atoms with Crippen LogP contribution in [0.3, 0.4) is 0 Å². The zero-order valence-electron chi connectivity index (χ0n) is 40.5.